The summed E-state index contributed by atoms with van der Waals surface area (Å²) in [5.41, 5.74) is 16.8. The maximum atomic E-state index is 6.44. The van der Waals surface area contributed by atoms with Gasteiger partial charge in [-0.1, -0.05) is 25.5 Å². The van der Waals surface area contributed by atoms with E-state index in [0.29, 0.717) is 5.84 Å². The van der Waals surface area contributed by atoms with Gasteiger partial charge in [-0.05, 0) is 30.5 Å². The third-order valence-corrected chi connectivity index (χ3v) is 3.76. The molecule has 1 atom stereocenters. The Kier molecular flexibility index (Phi) is 3.14. The Balaban J connectivity index is 1.94. The maximum absolute atomic E-state index is 6.44. The van der Waals surface area contributed by atoms with Crippen LogP contribution in [0.5, 0.6) is 0 Å². The molecule has 0 bridgehead atoms. The second kappa shape index (κ2) is 4.83. The third kappa shape index (κ3) is 2.25. The molecule has 0 spiro atoms. The van der Waals surface area contributed by atoms with Crippen LogP contribution in [0.4, 0.5) is 5.69 Å². The van der Waals surface area contributed by atoms with Gasteiger partial charge in [0.1, 0.15) is 5.84 Å². The van der Waals surface area contributed by atoms with Crippen LogP contribution in [0.25, 0.3) is 0 Å². The van der Waals surface area contributed by atoms with Crippen molar-refractivity contribution in [1.29, 1.82) is 0 Å². The van der Waals surface area contributed by atoms with Crippen LogP contribution in [-0.2, 0) is 12.2 Å². The molecule has 0 amide bonds. The topological polar surface area (TPSA) is 88.5 Å². The zero-order valence-electron chi connectivity index (χ0n) is 11.7. The minimum atomic E-state index is -0.970. The smallest absolute Gasteiger partial charge is 0.211 e. The summed E-state index contributed by atoms with van der Waals surface area (Å²) in [5.74, 6) is -0.494. The van der Waals surface area contributed by atoms with Crippen molar-refractivity contribution in [3.05, 3.63) is 41.1 Å². The summed E-state index contributed by atoms with van der Waals surface area (Å²) in [6, 6.07) is 6.22. The van der Waals surface area contributed by atoms with E-state index < -0.39 is 5.79 Å². The molecule has 0 saturated carbocycles. The summed E-state index contributed by atoms with van der Waals surface area (Å²) in [6.45, 7) is 3.11. The first-order valence-electron chi connectivity index (χ1n) is 7.11. The summed E-state index contributed by atoms with van der Waals surface area (Å²) in [6.07, 6.45) is 4.87. The van der Waals surface area contributed by atoms with Gasteiger partial charge < -0.3 is 16.4 Å². The zero-order valence-corrected chi connectivity index (χ0v) is 11.7. The molecule has 0 fully saturated rings. The van der Waals surface area contributed by atoms with Crippen molar-refractivity contribution in [1.82, 2.24) is 5.32 Å². The highest BCUT2D eigenvalue weighted by Crippen LogP contribution is 2.29. The fraction of sp³-hybridized carbons (Fsp3) is 0.400. The zero-order chi connectivity index (χ0) is 14.2. The number of allylic oxidation sites excluding steroid dienone is 1. The van der Waals surface area contributed by atoms with E-state index in [1.807, 2.05) is 12.1 Å². The van der Waals surface area contributed by atoms with Crippen LogP contribution in [-0.4, -0.2) is 12.4 Å². The number of anilines is 1. The Morgan fingerprint density at radius 1 is 1.40 bits per heavy atom. The second-order valence-corrected chi connectivity index (χ2v) is 5.40. The lowest BCUT2D eigenvalue weighted by Gasteiger charge is -2.32. The van der Waals surface area contributed by atoms with Crippen LogP contribution in [0, 0.1) is 0 Å². The van der Waals surface area contributed by atoms with Crippen LogP contribution in [0.2, 0.25) is 0 Å². The average Bonchev–Trinajstić information content (AvgIpc) is 2.85. The van der Waals surface area contributed by atoms with Crippen LogP contribution in [0.3, 0.4) is 0 Å². The molecule has 106 valence electrons. The first kappa shape index (κ1) is 13.0. The van der Waals surface area contributed by atoms with E-state index in [4.69, 9.17) is 11.5 Å². The molecule has 0 aliphatic carbocycles. The molecule has 0 saturated heterocycles. The first-order valence-corrected chi connectivity index (χ1v) is 7.11. The molecule has 1 aromatic rings. The number of hydrogen-bond acceptors (Lipinski definition) is 5. The van der Waals surface area contributed by atoms with Crippen LogP contribution < -0.4 is 22.1 Å². The number of aliphatic imine (C=N–C) groups is 1. The minimum Gasteiger partial charge on any atom is -0.384 e. The van der Waals surface area contributed by atoms with E-state index in [9.17, 15) is 0 Å². The molecule has 2 aliphatic heterocycles. The molecular weight excluding hydrogens is 250 g/mol. The van der Waals surface area contributed by atoms with Crippen molar-refractivity contribution in [3.63, 3.8) is 0 Å². The summed E-state index contributed by atoms with van der Waals surface area (Å²) in [5, 5.41) is 6.68. The number of nitrogens with zero attached hydrogens (tertiary/aromatic N) is 1. The molecule has 6 N–H and O–H groups in total. The van der Waals surface area contributed by atoms with Gasteiger partial charge in [-0.25, -0.2) is 4.99 Å². The van der Waals surface area contributed by atoms with Crippen molar-refractivity contribution < 1.29 is 0 Å². The van der Waals surface area contributed by atoms with Gasteiger partial charge in [-0.15, -0.1) is 0 Å². The van der Waals surface area contributed by atoms with E-state index in [2.05, 4.69) is 34.7 Å². The first-order chi connectivity index (χ1) is 9.60. The molecule has 20 heavy (non-hydrogen) atoms. The largest absolute Gasteiger partial charge is 0.384 e. The number of fused-ring (bicyclic) bond motifs is 1. The quantitative estimate of drug-likeness (QED) is 0.668. The van der Waals surface area contributed by atoms with Crippen molar-refractivity contribution in [2.75, 3.05) is 11.9 Å². The standard InChI is InChI=1S/C15H21N5/c1-2-3-12-9-14(16)20-15(17,19-12)11-5-4-10-6-7-18-13(10)8-11/h4-5,8-9,18-19H,2-3,6-7,17H2,1H3,(H2,16,20). The Bertz CT molecular complexity index is 590. The maximum Gasteiger partial charge on any atom is 0.211 e. The molecule has 1 aromatic carbocycles. The van der Waals surface area contributed by atoms with Gasteiger partial charge in [0.25, 0.3) is 0 Å². The fourth-order valence-electron chi connectivity index (χ4n) is 2.79. The van der Waals surface area contributed by atoms with Crippen molar-refractivity contribution in [2.45, 2.75) is 32.0 Å². The van der Waals surface area contributed by atoms with E-state index in [1.165, 1.54) is 5.56 Å². The molecule has 2 heterocycles. The minimum absolute atomic E-state index is 0.475. The summed E-state index contributed by atoms with van der Waals surface area (Å²) in [7, 11) is 0. The molecule has 5 nitrogen and oxygen atoms in total. The van der Waals surface area contributed by atoms with E-state index in [1.54, 1.807) is 0 Å². The lowest BCUT2D eigenvalue weighted by atomic mass is 10.0. The van der Waals surface area contributed by atoms with Crippen LogP contribution >= 0.6 is 0 Å². The number of hydrogen-bond donors (Lipinski definition) is 4. The van der Waals surface area contributed by atoms with Gasteiger partial charge in [0.15, 0.2) is 0 Å². The molecule has 1 unspecified atom stereocenters. The fourth-order valence-corrected chi connectivity index (χ4v) is 2.79. The summed E-state index contributed by atoms with van der Waals surface area (Å²) >= 11 is 0. The van der Waals surface area contributed by atoms with Crippen LogP contribution in [0.1, 0.15) is 30.9 Å². The highest BCUT2D eigenvalue weighted by atomic mass is 15.3. The Hall–Kier alpha value is -2.01. The molecule has 5 heteroatoms. The van der Waals surface area contributed by atoms with Gasteiger partial charge in [-0.3, -0.25) is 5.73 Å². The van der Waals surface area contributed by atoms with Crippen LogP contribution in [0.15, 0.2) is 35.0 Å². The van der Waals surface area contributed by atoms with E-state index in [-0.39, 0.29) is 0 Å². The Morgan fingerprint density at radius 3 is 3.05 bits per heavy atom. The molecule has 2 aliphatic rings. The predicted octanol–water partition coefficient (Wildman–Crippen LogP) is 1.37. The SMILES string of the molecule is CCCC1=CC(N)=NC(N)(c2ccc3c(c2)NCC3)N1. The summed E-state index contributed by atoms with van der Waals surface area (Å²) in [4.78, 5) is 4.40. The second-order valence-electron chi connectivity index (χ2n) is 5.40. The highest BCUT2D eigenvalue weighted by Gasteiger charge is 2.31. The van der Waals surface area contributed by atoms with Gasteiger partial charge in [-0.2, -0.15) is 0 Å². The molecular formula is C15H21N5. The molecule has 0 radical (unpaired) electrons. The van der Waals surface area contributed by atoms with Crippen molar-refractivity contribution in [3.8, 4) is 0 Å². The van der Waals surface area contributed by atoms with Gasteiger partial charge in [0.05, 0.1) is 0 Å². The Morgan fingerprint density at radius 2 is 2.25 bits per heavy atom. The van der Waals surface area contributed by atoms with Gasteiger partial charge >= 0.3 is 0 Å². The van der Waals surface area contributed by atoms with Gasteiger partial charge in [0.2, 0.25) is 5.79 Å². The highest BCUT2D eigenvalue weighted by molar-refractivity contribution is 5.93. The van der Waals surface area contributed by atoms with Gasteiger partial charge in [0, 0.05) is 23.5 Å². The number of benzene rings is 1. The monoisotopic (exact) mass is 271 g/mol. The van der Waals surface area contributed by atoms with Crippen molar-refractivity contribution >= 4 is 11.5 Å². The summed E-state index contributed by atoms with van der Waals surface area (Å²) < 4.78 is 0. The number of amidine groups is 1. The van der Waals surface area contributed by atoms with E-state index >= 15 is 0 Å². The van der Waals surface area contributed by atoms with Crippen molar-refractivity contribution in [2.24, 2.45) is 16.5 Å². The number of rotatable bonds is 3. The van der Waals surface area contributed by atoms with E-state index in [0.717, 1.165) is 42.8 Å². The molecule has 3 rings (SSSR count). The lowest BCUT2D eigenvalue weighted by molar-refractivity contribution is 0.387. The number of nitrogens with two attached hydrogens (primary N) is 2. The third-order valence-electron chi connectivity index (χ3n) is 3.76. The normalized spacial score (nSPS) is 24.3. The average molecular weight is 271 g/mol. The lowest BCUT2D eigenvalue weighted by Crippen LogP contribution is -2.51. The number of nitrogens with one attached hydrogen (secondary N) is 2. The predicted molar refractivity (Wildman–Crippen MR) is 82.3 cm³/mol. The molecule has 0 aromatic heterocycles. The Labute approximate surface area is 119 Å².